The van der Waals surface area contributed by atoms with Crippen molar-refractivity contribution in [1.82, 2.24) is 19.8 Å². The minimum Gasteiger partial charge on any atom is -0.360 e. The zero-order valence-corrected chi connectivity index (χ0v) is 15.7. The Hall–Kier alpha value is -3.42. The van der Waals surface area contributed by atoms with Gasteiger partial charge >= 0.3 is 0 Å². The number of benzene rings is 1. The van der Waals surface area contributed by atoms with Crippen LogP contribution in [-0.2, 0) is 4.79 Å². The molecule has 27 heavy (non-hydrogen) atoms. The van der Waals surface area contributed by atoms with Gasteiger partial charge in [0.25, 0.3) is 5.91 Å². The number of para-hydroxylation sites is 1. The Balaban J connectivity index is 1.75. The van der Waals surface area contributed by atoms with Gasteiger partial charge in [0.1, 0.15) is 5.76 Å². The summed E-state index contributed by atoms with van der Waals surface area (Å²) in [5.74, 6) is 0.292. The molecule has 8 heteroatoms. The van der Waals surface area contributed by atoms with Crippen LogP contribution in [0.4, 0.5) is 5.82 Å². The van der Waals surface area contributed by atoms with Gasteiger partial charge in [-0.25, -0.2) is 4.68 Å². The molecule has 3 aromatic rings. The number of likely N-dealkylation sites (N-methyl/N-ethyl adjacent to an activating group) is 1. The van der Waals surface area contributed by atoms with Crippen LogP contribution >= 0.6 is 0 Å². The zero-order valence-electron chi connectivity index (χ0n) is 15.7. The number of hydrogen-bond donors (Lipinski definition) is 1. The molecule has 0 bridgehead atoms. The Labute approximate surface area is 156 Å². The molecule has 0 aliphatic carbocycles. The molecule has 0 radical (unpaired) electrons. The number of anilines is 1. The number of aromatic nitrogens is 3. The standard InChI is InChI=1S/C19H21N5O3/c1-12-10-16(22-27-12)20-17(25)11-23(4)19(26)18-13(2)21-24(14(18)3)15-8-6-5-7-9-15/h5-10H,11H2,1-4H3,(H,20,22,25). The van der Waals surface area contributed by atoms with E-state index in [2.05, 4.69) is 15.6 Å². The average molecular weight is 367 g/mol. The largest absolute Gasteiger partial charge is 0.360 e. The normalized spacial score (nSPS) is 10.7. The fourth-order valence-corrected chi connectivity index (χ4v) is 2.86. The molecular weight excluding hydrogens is 346 g/mol. The number of carbonyl (C=O) groups is 2. The maximum absolute atomic E-state index is 12.9. The van der Waals surface area contributed by atoms with Crippen molar-refractivity contribution < 1.29 is 14.1 Å². The van der Waals surface area contributed by atoms with Crippen LogP contribution in [0.1, 0.15) is 27.5 Å². The lowest BCUT2D eigenvalue weighted by molar-refractivity contribution is -0.116. The summed E-state index contributed by atoms with van der Waals surface area (Å²) in [6.07, 6.45) is 0. The third-order valence-corrected chi connectivity index (χ3v) is 4.13. The van der Waals surface area contributed by atoms with Crippen LogP contribution in [0.25, 0.3) is 5.69 Å². The van der Waals surface area contributed by atoms with Crippen LogP contribution in [0.2, 0.25) is 0 Å². The summed E-state index contributed by atoms with van der Waals surface area (Å²) >= 11 is 0. The van der Waals surface area contributed by atoms with Crippen LogP contribution in [-0.4, -0.2) is 45.2 Å². The molecule has 0 atom stereocenters. The van der Waals surface area contributed by atoms with Crippen molar-refractivity contribution in [1.29, 1.82) is 0 Å². The van der Waals surface area contributed by atoms with Crippen molar-refractivity contribution in [2.75, 3.05) is 18.9 Å². The Morgan fingerprint density at radius 2 is 1.89 bits per heavy atom. The predicted octanol–water partition coefficient (Wildman–Crippen LogP) is 2.50. The lowest BCUT2D eigenvalue weighted by Crippen LogP contribution is -2.35. The summed E-state index contributed by atoms with van der Waals surface area (Å²) in [5.41, 5.74) is 2.70. The van der Waals surface area contributed by atoms with Gasteiger partial charge in [0.15, 0.2) is 5.82 Å². The topological polar surface area (TPSA) is 93.3 Å². The van der Waals surface area contributed by atoms with Crippen molar-refractivity contribution in [2.24, 2.45) is 0 Å². The quantitative estimate of drug-likeness (QED) is 0.748. The van der Waals surface area contributed by atoms with E-state index in [0.29, 0.717) is 22.8 Å². The van der Waals surface area contributed by atoms with Gasteiger partial charge in [-0.3, -0.25) is 9.59 Å². The van der Waals surface area contributed by atoms with E-state index in [1.165, 1.54) is 4.90 Å². The molecule has 0 aliphatic rings. The number of nitrogens with one attached hydrogen (secondary N) is 1. The fraction of sp³-hybridized carbons (Fsp3) is 0.263. The molecule has 2 heterocycles. The highest BCUT2D eigenvalue weighted by Gasteiger charge is 2.23. The van der Waals surface area contributed by atoms with Crippen LogP contribution in [0.15, 0.2) is 40.9 Å². The van der Waals surface area contributed by atoms with Gasteiger partial charge in [-0.2, -0.15) is 5.10 Å². The smallest absolute Gasteiger partial charge is 0.257 e. The van der Waals surface area contributed by atoms with E-state index in [1.807, 2.05) is 37.3 Å². The minimum absolute atomic E-state index is 0.111. The molecule has 0 saturated heterocycles. The SMILES string of the molecule is Cc1cc(NC(=O)CN(C)C(=O)c2c(C)nn(-c3ccccc3)c2C)no1. The summed E-state index contributed by atoms with van der Waals surface area (Å²) in [6.45, 7) is 5.24. The van der Waals surface area contributed by atoms with Crippen molar-refractivity contribution in [2.45, 2.75) is 20.8 Å². The van der Waals surface area contributed by atoms with E-state index in [4.69, 9.17) is 4.52 Å². The number of carbonyl (C=O) groups excluding carboxylic acids is 2. The van der Waals surface area contributed by atoms with Gasteiger partial charge in [0.2, 0.25) is 5.91 Å². The number of nitrogens with zero attached hydrogens (tertiary/aromatic N) is 4. The van der Waals surface area contributed by atoms with Gasteiger partial charge in [-0.15, -0.1) is 0 Å². The molecule has 0 unspecified atom stereocenters. The summed E-state index contributed by atoms with van der Waals surface area (Å²) in [7, 11) is 1.58. The van der Waals surface area contributed by atoms with E-state index >= 15 is 0 Å². The monoisotopic (exact) mass is 367 g/mol. The molecular formula is C19H21N5O3. The number of amides is 2. The zero-order chi connectivity index (χ0) is 19.6. The minimum atomic E-state index is -0.357. The molecule has 3 rings (SSSR count). The average Bonchev–Trinajstić information content (AvgIpc) is 3.17. The molecule has 1 aromatic carbocycles. The maximum atomic E-state index is 12.9. The summed E-state index contributed by atoms with van der Waals surface area (Å²) in [4.78, 5) is 26.4. The molecule has 2 amide bonds. The first-order valence-corrected chi connectivity index (χ1v) is 8.47. The molecule has 140 valence electrons. The first kappa shape index (κ1) is 18.4. The second-order valence-electron chi connectivity index (χ2n) is 6.33. The van der Waals surface area contributed by atoms with Crippen LogP contribution in [0.3, 0.4) is 0 Å². The third kappa shape index (κ3) is 3.89. The Morgan fingerprint density at radius 1 is 1.19 bits per heavy atom. The molecule has 0 spiro atoms. The van der Waals surface area contributed by atoms with E-state index in [-0.39, 0.29) is 18.4 Å². The molecule has 8 nitrogen and oxygen atoms in total. The van der Waals surface area contributed by atoms with Gasteiger partial charge in [-0.1, -0.05) is 23.4 Å². The lowest BCUT2D eigenvalue weighted by Gasteiger charge is -2.16. The van der Waals surface area contributed by atoms with Gasteiger partial charge < -0.3 is 14.7 Å². The van der Waals surface area contributed by atoms with Crippen LogP contribution < -0.4 is 5.32 Å². The summed E-state index contributed by atoms with van der Waals surface area (Å²) < 4.78 is 6.64. The molecule has 0 saturated carbocycles. The highest BCUT2D eigenvalue weighted by molar-refractivity contribution is 6.00. The molecule has 0 fully saturated rings. The van der Waals surface area contributed by atoms with Gasteiger partial charge in [-0.05, 0) is 32.9 Å². The Bertz CT molecular complexity index is 975. The molecule has 2 aromatic heterocycles. The summed E-state index contributed by atoms with van der Waals surface area (Å²) in [6, 6.07) is 11.2. The van der Waals surface area contributed by atoms with Crippen LogP contribution in [0, 0.1) is 20.8 Å². The fourth-order valence-electron chi connectivity index (χ4n) is 2.86. The highest BCUT2D eigenvalue weighted by Crippen LogP contribution is 2.19. The second-order valence-corrected chi connectivity index (χ2v) is 6.33. The van der Waals surface area contributed by atoms with E-state index in [1.54, 1.807) is 31.6 Å². The van der Waals surface area contributed by atoms with Crippen molar-refractivity contribution in [3.63, 3.8) is 0 Å². The summed E-state index contributed by atoms with van der Waals surface area (Å²) in [5, 5.41) is 10.8. The molecule has 0 aliphatic heterocycles. The van der Waals surface area contributed by atoms with Crippen molar-refractivity contribution in [3.05, 3.63) is 59.1 Å². The Morgan fingerprint density at radius 3 is 2.52 bits per heavy atom. The first-order valence-electron chi connectivity index (χ1n) is 8.47. The highest BCUT2D eigenvalue weighted by atomic mass is 16.5. The van der Waals surface area contributed by atoms with E-state index in [9.17, 15) is 9.59 Å². The number of hydrogen-bond acceptors (Lipinski definition) is 5. The van der Waals surface area contributed by atoms with Crippen LogP contribution in [0.5, 0.6) is 0 Å². The number of rotatable bonds is 5. The van der Waals surface area contributed by atoms with E-state index in [0.717, 1.165) is 11.4 Å². The van der Waals surface area contributed by atoms with Crippen molar-refractivity contribution >= 4 is 17.6 Å². The van der Waals surface area contributed by atoms with Gasteiger partial charge in [0, 0.05) is 13.1 Å². The Kier molecular flexibility index (Phi) is 5.07. The predicted molar refractivity (Wildman–Crippen MR) is 99.9 cm³/mol. The third-order valence-electron chi connectivity index (χ3n) is 4.13. The van der Waals surface area contributed by atoms with Crippen molar-refractivity contribution in [3.8, 4) is 5.69 Å². The lowest BCUT2D eigenvalue weighted by atomic mass is 10.1. The maximum Gasteiger partial charge on any atom is 0.257 e. The molecule has 1 N–H and O–H groups in total. The van der Waals surface area contributed by atoms with Gasteiger partial charge in [0.05, 0.1) is 29.2 Å². The van der Waals surface area contributed by atoms with E-state index < -0.39 is 0 Å². The second kappa shape index (κ2) is 7.45. The number of aryl methyl sites for hydroxylation is 2. The first-order chi connectivity index (χ1) is 12.9.